The van der Waals surface area contributed by atoms with Crippen LogP contribution in [0.2, 0.25) is 0 Å². The second-order valence-electron chi connectivity index (χ2n) is 6.98. The Balaban J connectivity index is 3.39. The Bertz CT molecular complexity index is 672. The fourth-order valence-corrected chi connectivity index (χ4v) is 2.90. The third-order valence-electron chi connectivity index (χ3n) is 3.96. The van der Waals surface area contributed by atoms with E-state index in [9.17, 15) is 22.8 Å². The molecule has 0 aliphatic carbocycles. The summed E-state index contributed by atoms with van der Waals surface area (Å²) < 4.78 is 43.3. The van der Waals surface area contributed by atoms with Crippen LogP contribution in [-0.2, 0) is 17.4 Å². The zero-order chi connectivity index (χ0) is 20.1. The highest BCUT2D eigenvalue weighted by Gasteiger charge is 2.35. The van der Waals surface area contributed by atoms with E-state index in [1.807, 2.05) is 32.8 Å². The average molecular weight is 393 g/mol. The molecule has 1 aromatic rings. The van der Waals surface area contributed by atoms with E-state index in [-0.39, 0.29) is 17.9 Å². The molecule has 1 unspecified atom stereocenters. The van der Waals surface area contributed by atoms with Crippen LogP contribution < -0.4 is 10.3 Å². The summed E-state index contributed by atoms with van der Waals surface area (Å²) in [5.41, 5.74) is -1.77. The van der Waals surface area contributed by atoms with Crippen molar-refractivity contribution >= 4 is 18.7 Å². The molecule has 0 aromatic carbocycles. The van der Waals surface area contributed by atoms with Crippen molar-refractivity contribution < 1.29 is 18.0 Å². The van der Waals surface area contributed by atoms with Crippen LogP contribution in [0.25, 0.3) is 0 Å². The Hall–Kier alpha value is -1.48. The number of thiol groups is 1. The standard InChI is InChI=1S/C17H26F3N3O2S/c1-11(2)8-14(16(25)21-26)23-10-12(6-5-7-22(3)4)13(9-15(23)24)17(18,19)20/h9-11,14,26H,5-8H2,1-4H3,(H,21,25). The number of alkyl halides is 3. The maximum absolute atomic E-state index is 13.3. The van der Waals surface area contributed by atoms with Gasteiger partial charge in [-0.05, 0) is 51.4 Å². The van der Waals surface area contributed by atoms with Crippen LogP contribution in [0, 0.1) is 5.92 Å². The van der Waals surface area contributed by atoms with E-state index in [1.54, 1.807) is 0 Å². The summed E-state index contributed by atoms with van der Waals surface area (Å²) in [6.07, 6.45) is -2.47. The fourth-order valence-electron chi connectivity index (χ4n) is 2.75. The summed E-state index contributed by atoms with van der Waals surface area (Å²) in [5.74, 6) is -0.458. The first-order chi connectivity index (χ1) is 12.0. The number of nitrogens with zero attached hydrogens (tertiary/aromatic N) is 2. The van der Waals surface area contributed by atoms with Crippen molar-refractivity contribution in [2.45, 2.75) is 45.3 Å². The monoisotopic (exact) mass is 393 g/mol. The molecule has 26 heavy (non-hydrogen) atoms. The minimum atomic E-state index is -4.62. The first-order valence-corrected chi connectivity index (χ1v) is 8.83. The molecule has 148 valence electrons. The van der Waals surface area contributed by atoms with Crippen LogP contribution >= 0.6 is 12.8 Å². The minimum Gasteiger partial charge on any atom is -0.309 e. The van der Waals surface area contributed by atoms with Crippen molar-refractivity contribution in [2.75, 3.05) is 20.6 Å². The minimum absolute atomic E-state index is 0.0136. The third-order valence-corrected chi connectivity index (χ3v) is 4.18. The van der Waals surface area contributed by atoms with Gasteiger partial charge in [0.05, 0.1) is 5.56 Å². The van der Waals surface area contributed by atoms with Gasteiger partial charge in [-0.15, -0.1) is 0 Å². The first kappa shape index (κ1) is 22.6. The number of hydrogen-bond acceptors (Lipinski definition) is 4. The van der Waals surface area contributed by atoms with Crippen molar-refractivity contribution in [1.29, 1.82) is 0 Å². The number of carbonyl (C=O) groups is 1. The topological polar surface area (TPSA) is 54.3 Å². The lowest BCUT2D eigenvalue weighted by atomic mass is 10.0. The quantitative estimate of drug-likeness (QED) is 0.668. The van der Waals surface area contributed by atoms with Gasteiger partial charge in [-0.2, -0.15) is 13.2 Å². The number of pyridine rings is 1. The SMILES string of the molecule is CC(C)CC(C(=O)NS)n1cc(CCCN(C)C)c(C(F)(F)F)cc1=O. The number of aryl methyl sites for hydroxylation is 1. The molecule has 0 fully saturated rings. The van der Waals surface area contributed by atoms with Crippen LogP contribution in [0.15, 0.2) is 17.1 Å². The van der Waals surface area contributed by atoms with Gasteiger partial charge in [0, 0.05) is 12.3 Å². The lowest BCUT2D eigenvalue weighted by molar-refractivity contribution is -0.138. The molecule has 1 atom stereocenters. The molecule has 1 aromatic heterocycles. The number of aromatic nitrogens is 1. The smallest absolute Gasteiger partial charge is 0.309 e. The highest BCUT2D eigenvalue weighted by Crippen LogP contribution is 2.32. The highest BCUT2D eigenvalue weighted by atomic mass is 32.1. The van der Waals surface area contributed by atoms with Crippen molar-refractivity contribution in [3.8, 4) is 0 Å². The summed E-state index contributed by atoms with van der Waals surface area (Å²) in [5, 5.41) is 0. The first-order valence-electron chi connectivity index (χ1n) is 8.38. The molecule has 0 aliphatic heterocycles. The summed E-state index contributed by atoms with van der Waals surface area (Å²) in [7, 11) is 3.67. The van der Waals surface area contributed by atoms with Crippen LogP contribution in [0.1, 0.15) is 43.9 Å². The summed E-state index contributed by atoms with van der Waals surface area (Å²) in [4.78, 5) is 26.3. The van der Waals surface area contributed by atoms with Gasteiger partial charge in [-0.25, -0.2) is 0 Å². The molecule has 0 aliphatic rings. The Labute approximate surface area is 157 Å². The number of nitrogens with one attached hydrogen (secondary N) is 1. The molecule has 1 rings (SSSR count). The predicted molar refractivity (Wildman–Crippen MR) is 98.2 cm³/mol. The van der Waals surface area contributed by atoms with Crippen molar-refractivity contribution in [3.63, 3.8) is 0 Å². The molecule has 0 saturated carbocycles. The highest BCUT2D eigenvalue weighted by molar-refractivity contribution is 7.78. The van der Waals surface area contributed by atoms with E-state index < -0.39 is 29.2 Å². The molecule has 1 N–H and O–H groups in total. The number of rotatable bonds is 8. The van der Waals surface area contributed by atoms with Gasteiger partial charge >= 0.3 is 6.18 Å². The predicted octanol–water partition coefficient (Wildman–Crippen LogP) is 2.91. The van der Waals surface area contributed by atoms with Gasteiger partial charge in [0.1, 0.15) is 6.04 Å². The van der Waals surface area contributed by atoms with Gasteiger partial charge in [0.2, 0.25) is 0 Å². The molecule has 1 amide bonds. The summed E-state index contributed by atoms with van der Waals surface area (Å²) in [6.45, 7) is 4.35. The van der Waals surface area contributed by atoms with Crippen LogP contribution in [0.4, 0.5) is 13.2 Å². The largest absolute Gasteiger partial charge is 0.416 e. The lowest BCUT2D eigenvalue weighted by Gasteiger charge is -2.22. The number of halogens is 3. The zero-order valence-corrected chi connectivity index (χ0v) is 16.3. The zero-order valence-electron chi connectivity index (χ0n) is 15.4. The van der Waals surface area contributed by atoms with Crippen LogP contribution in [-0.4, -0.2) is 36.0 Å². The summed E-state index contributed by atoms with van der Waals surface area (Å²) in [6, 6.07) is -0.320. The van der Waals surface area contributed by atoms with Crippen molar-refractivity contribution in [1.82, 2.24) is 14.2 Å². The van der Waals surface area contributed by atoms with E-state index in [0.717, 1.165) is 4.57 Å². The molecule has 0 radical (unpaired) electrons. The van der Waals surface area contributed by atoms with Crippen molar-refractivity contribution in [2.24, 2.45) is 5.92 Å². The van der Waals surface area contributed by atoms with Crippen LogP contribution in [0.3, 0.4) is 0 Å². The molecule has 0 bridgehead atoms. The number of hydrogen-bond donors (Lipinski definition) is 2. The maximum Gasteiger partial charge on any atom is 0.416 e. The Morgan fingerprint density at radius 2 is 1.96 bits per heavy atom. The number of amides is 1. The molecule has 9 heteroatoms. The van der Waals surface area contributed by atoms with E-state index in [4.69, 9.17) is 0 Å². The van der Waals surface area contributed by atoms with E-state index in [0.29, 0.717) is 25.5 Å². The Morgan fingerprint density at radius 1 is 1.35 bits per heavy atom. The van der Waals surface area contributed by atoms with Gasteiger partial charge in [0.25, 0.3) is 11.5 Å². The lowest BCUT2D eigenvalue weighted by Crippen LogP contribution is -2.35. The molecular weight excluding hydrogens is 367 g/mol. The molecule has 0 spiro atoms. The summed E-state index contributed by atoms with van der Waals surface area (Å²) >= 11 is 3.73. The second-order valence-corrected chi connectivity index (χ2v) is 7.21. The third kappa shape index (κ3) is 6.35. The van der Waals surface area contributed by atoms with Gasteiger partial charge < -0.3 is 14.2 Å². The van der Waals surface area contributed by atoms with Crippen molar-refractivity contribution in [3.05, 3.63) is 33.7 Å². The van der Waals surface area contributed by atoms with Gasteiger partial charge in [0.15, 0.2) is 0 Å². The maximum atomic E-state index is 13.3. The number of carbonyl (C=O) groups excluding carboxylic acids is 1. The van der Waals surface area contributed by atoms with E-state index in [1.165, 1.54) is 6.20 Å². The second kappa shape index (κ2) is 9.45. The van der Waals surface area contributed by atoms with E-state index >= 15 is 0 Å². The normalized spacial score (nSPS) is 13.3. The van der Waals surface area contributed by atoms with Crippen LogP contribution in [0.5, 0.6) is 0 Å². The molecule has 5 nitrogen and oxygen atoms in total. The van der Waals surface area contributed by atoms with Gasteiger partial charge in [-0.1, -0.05) is 26.7 Å². The Morgan fingerprint density at radius 3 is 2.42 bits per heavy atom. The average Bonchev–Trinajstić information content (AvgIpc) is 2.51. The van der Waals surface area contributed by atoms with E-state index in [2.05, 4.69) is 17.5 Å². The molecular formula is C17H26F3N3O2S. The molecule has 0 saturated heterocycles. The fraction of sp³-hybridized carbons (Fsp3) is 0.647. The van der Waals surface area contributed by atoms with Gasteiger partial charge in [-0.3, -0.25) is 9.59 Å². The Kier molecular flexibility index (Phi) is 8.20. The molecule has 1 heterocycles.